The van der Waals surface area contributed by atoms with Gasteiger partial charge in [0.2, 0.25) is 0 Å². The Morgan fingerprint density at radius 2 is 1.64 bits per heavy atom. The molecule has 0 bridgehead atoms. The summed E-state index contributed by atoms with van der Waals surface area (Å²) in [7, 11) is 0. The average Bonchev–Trinajstić information content (AvgIpc) is 2.47. The van der Waals surface area contributed by atoms with Crippen LogP contribution >= 0.6 is 0 Å². The molecule has 3 nitrogen and oxygen atoms in total. The third-order valence-electron chi connectivity index (χ3n) is 3.29. The largest absolute Gasteiger partial charge is 0.490 e. The molecule has 0 fully saturated rings. The van der Waals surface area contributed by atoms with E-state index in [1.165, 1.54) is 0 Å². The second-order valence-electron chi connectivity index (χ2n) is 5.87. The number of hydrogen-bond acceptors (Lipinski definition) is 2. The van der Waals surface area contributed by atoms with Crippen LogP contribution in [0.2, 0.25) is 0 Å². The van der Waals surface area contributed by atoms with E-state index in [0.717, 1.165) is 12.1 Å². The predicted octanol–water partition coefficient (Wildman–Crippen LogP) is 4.75. The number of amides is 1. The fourth-order valence-corrected chi connectivity index (χ4v) is 2.41. The Morgan fingerprint density at radius 1 is 1.00 bits per heavy atom. The van der Waals surface area contributed by atoms with Gasteiger partial charge in [0.1, 0.15) is 5.75 Å². The molecule has 22 heavy (non-hydrogen) atoms. The van der Waals surface area contributed by atoms with Crippen molar-refractivity contribution >= 4 is 11.6 Å². The smallest absolute Gasteiger partial charge is 0.259 e. The lowest BCUT2D eigenvalue weighted by atomic mass is 10.1. The second-order valence-corrected chi connectivity index (χ2v) is 5.87. The van der Waals surface area contributed by atoms with E-state index in [0.29, 0.717) is 17.2 Å². The summed E-state index contributed by atoms with van der Waals surface area (Å²) < 4.78 is 5.95. The van der Waals surface area contributed by atoms with Gasteiger partial charge in [0.25, 0.3) is 5.91 Å². The highest BCUT2D eigenvalue weighted by Gasteiger charge is 2.15. The van der Waals surface area contributed by atoms with E-state index >= 15 is 0 Å². The van der Waals surface area contributed by atoms with Crippen molar-refractivity contribution in [3.63, 3.8) is 0 Å². The number of benzene rings is 2. The monoisotopic (exact) mass is 297 g/mol. The summed E-state index contributed by atoms with van der Waals surface area (Å²) in [5.41, 5.74) is 1.33. The maximum absolute atomic E-state index is 12.4. The van der Waals surface area contributed by atoms with Gasteiger partial charge in [0, 0.05) is 5.69 Å². The summed E-state index contributed by atoms with van der Waals surface area (Å²) in [6, 6.07) is 16.8. The number of para-hydroxylation sites is 2. The molecule has 2 aromatic rings. The Labute approximate surface area is 132 Å². The maximum atomic E-state index is 12.4. The summed E-state index contributed by atoms with van der Waals surface area (Å²) in [6.07, 6.45) is 1.03. The summed E-state index contributed by atoms with van der Waals surface area (Å²) in [5, 5.41) is 2.89. The molecule has 0 aromatic heterocycles. The van der Waals surface area contributed by atoms with Crippen LogP contribution in [0.4, 0.5) is 5.69 Å². The summed E-state index contributed by atoms with van der Waals surface area (Å²) in [4.78, 5) is 12.4. The molecule has 2 rings (SSSR count). The molecule has 116 valence electrons. The average molecular weight is 297 g/mol. The van der Waals surface area contributed by atoms with Crippen LogP contribution in [0.3, 0.4) is 0 Å². The van der Waals surface area contributed by atoms with Gasteiger partial charge in [0.05, 0.1) is 11.7 Å². The molecule has 0 heterocycles. The molecule has 0 saturated heterocycles. The molecule has 0 aliphatic heterocycles. The lowest BCUT2D eigenvalue weighted by Crippen LogP contribution is -2.18. The van der Waals surface area contributed by atoms with Gasteiger partial charge in [-0.2, -0.15) is 0 Å². The normalized spacial score (nSPS) is 12.0. The Morgan fingerprint density at radius 3 is 2.32 bits per heavy atom. The zero-order valence-corrected chi connectivity index (χ0v) is 13.4. The van der Waals surface area contributed by atoms with Gasteiger partial charge >= 0.3 is 0 Å². The van der Waals surface area contributed by atoms with E-state index in [2.05, 4.69) is 19.2 Å². The first kappa shape index (κ1) is 16.1. The van der Waals surface area contributed by atoms with Gasteiger partial charge in [-0.25, -0.2) is 0 Å². The van der Waals surface area contributed by atoms with Crippen LogP contribution in [-0.4, -0.2) is 12.0 Å². The molecule has 0 aliphatic rings. The van der Waals surface area contributed by atoms with E-state index in [1.54, 1.807) is 6.07 Å². The standard InChI is InChI=1S/C19H23NO2/c1-14(2)13-15(3)22-18-12-8-7-11-17(18)19(21)20-16-9-5-4-6-10-16/h4-12,14-15H,13H2,1-3H3,(H,20,21)/t15-/m0/s1. The van der Waals surface area contributed by atoms with Gasteiger partial charge in [-0.3, -0.25) is 4.79 Å². The van der Waals surface area contributed by atoms with Crippen LogP contribution in [0, 0.1) is 5.92 Å². The Kier molecular flexibility index (Phi) is 5.59. The molecule has 1 amide bonds. The summed E-state index contributed by atoms with van der Waals surface area (Å²) >= 11 is 0. The van der Waals surface area contributed by atoms with Gasteiger partial charge < -0.3 is 10.1 Å². The Bertz CT molecular complexity index is 608. The molecule has 2 aromatic carbocycles. The molecule has 1 atom stereocenters. The first-order chi connectivity index (χ1) is 10.6. The van der Waals surface area contributed by atoms with Crippen molar-refractivity contribution in [3.05, 3.63) is 60.2 Å². The molecular formula is C19H23NO2. The van der Waals surface area contributed by atoms with Crippen molar-refractivity contribution in [3.8, 4) is 5.75 Å². The van der Waals surface area contributed by atoms with Crippen LogP contribution in [0.25, 0.3) is 0 Å². The third kappa shape index (κ3) is 4.62. The van der Waals surface area contributed by atoms with Crippen LogP contribution in [0.15, 0.2) is 54.6 Å². The van der Waals surface area contributed by atoms with Crippen molar-refractivity contribution in [2.75, 3.05) is 5.32 Å². The maximum Gasteiger partial charge on any atom is 0.259 e. The van der Waals surface area contributed by atoms with Gasteiger partial charge in [-0.1, -0.05) is 44.2 Å². The molecule has 0 saturated carbocycles. The molecule has 0 unspecified atom stereocenters. The highest BCUT2D eigenvalue weighted by Crippen LogP contribution is 2.22. The van der Waals surface area contributed by atoms with Crippen molar-refractivity contribution in [2.45, 2.75) is 33.3 Å². The van der Waals surface area contributed by atoms with Crippen LogP contribution in [-0.2, 0) is 0 Å². The fraction of sp³-hybridized carbons (Fsp3) is 0.316. The lowest BCUT2D eigenvalue weighted by molar-refractivity contribution is 0.101. The number of carbonyl (C=O) groups excluding carboxylic acids is 1. The van der Waals surface area contributed by atoms with E-state index in [-0.39, 0.29) is 12.0 Å². The van der Waals surface area contributed by atoms with Gasteiger partial charge in [-0.15, -0.1) is 0 Å². The van der Waals surface area contributed by atoms with Crippen molar-refractivity contribution in [2.24, 2.45) is 5.92 Å². The molecule has 1 N–H and O–H groups in total. The minimum absolute atomic E-state index is 0.0747. The number of hydrogen-bond donors (Lipinski definition) is 1. The van der Waals surface area contributed by atoms with Crippen molar-refractivity contribution in [1.29, 1.82) is 0 Å². The predicted molar refractivity (Wildman–Crippen MR) is 90.4 cm³/mol. The van der Waals surface area contributed by atoms with Crippen LogP contribution < -0.4 is 10.1 Å². The minimum atomic E-state index is -0.154. The molecule has 0 aliphatic carbocycles. The van der Waals surface area contributed by atoms with Crippen molar-refractivity contribution < 1.29 is 9.53 Å². The molecule has 0 spiro atoms. The molecule has 3 heteroatoms. The van der Waals surface area contributed by atoms with Crippen molar-refractivity contribution in [1.82, 2.24) is 0 Å². The van der Waals surface area contributed by atoms with E-state index < -0.39 is 0 Å². The van der Waals surface area contributed by atoms with Crippen LogP contribution in [0.5, 0.6) is 5.75 Å². The topological polar surface area (TPSA) is 38.3 Å². The Balaban J connectivity index is 2.12. The SMILES string of the molecule is CC(C)C[C@H](C)Oc1ccccc1C(=O)Nc1ccccc1. The molecular weight excluding hydrogens is 274 g/mol. The number of nitrogens with one attached hydrogen (secondary N) is 1. The number of rotatable bonds is 6. The first-order valence-corrected chi connectivity index (χ1v) is 7.68. The molecule has 0 radical (unpaired) electrons. The second kappa shape index (κ2) is 7.64. The van der Waals surface area contributed by atoms with Gasteiger partial charge in [0.15, 0.2) is 0 Å². The Hall–Kier alpha value is -2.29. The highest BCUT2D eigenvalue weighted by atomic mass is 16.5. The lowest BCUT2D eigenvalue weighted by Gasteiger charge is -2.18. The number of anilines is 1. The number of ether oxygens (including phenoxy) is 1. The van der Waals surface area contributed by atoms with E-state index in [4.69, 9.17) is 4.74 Å². The van der Waals surface area contributed by atoms with Gasteiger partial charge in [-0.05, 0) is 43.5 Å². The zero-order chi connectivity index (χ0) is 15.9. The summed E-state index contributed by atoms with van der Waals surface area (Å²) in [5.74, 6) is 1.03. The number of carbonyl (C=O) groups is 1. The zero-order valence-electron chi connectivity index (χ0n) is 13.4. The van der Waals surface area contributed by atoms with E-state index in [9.17, 15) is 4.79 Å². The fourth-order valence-electron chi connectivity index (χ4n) is 2.41. The van der Waals surface area contributed by atoms with E-state index in [1.807, 2.05) is 55.5 Å². The first-order valence-electron chi connectivity index (χ1n) is 7.68. The third-order valence-corrected chi connectivity index (χ3v) is 3.29. The minimum Gasteiger partial charge on any atom is -0.490 e. The highest BCUT2D eigenvalue weighted by molar-refractivity contribution is 6.06. The quantitative estimate of drug-likeness (QED) is 0.835. The van der Waals surface area contributed by atoms with Crippen LogP contribution in [0.1, 0.15) is 37.6 Å². The summed E-state index contributed by atoms with van der Waals surface area (Å²) in [6.45, 7) is 6.35.